The standard InChI is InChI=1S/C18H14F6N6O2/c1-7-9(8(2)30-17(26-7)28-16(29-30)18(22,23)24)5-12(31)25-6-13(32)27-11-4-3-10(19)14(20)15(11)21/h3-4H,5-6H2,1-2H3,(H,25,31)(H,27,32). The minimum Gasteiger partial charge on any atom is -0.347 e. The zero-order valence-electron chi connectivity index (χ0n) is 16.4. The maximum atomic E-state index is 13.6. The van der Waals surface area contributed by atoms with E-state index in [4.69, 9.17) is 0 Å². The van der Waals surface area contributed by atoms with Crippen LogP contribution in [0, 0.1) is 31.3 Å². The summed E-state index contributed by atoms with van der Waals surface area (Å²) in [5.41, 5.74) is 0.0790. The van der Waals surface area contributed by atoms with Crippen molar-refractivity contribution >= 4 is 23.3 Å². The van der Waals surface area contributed by atoms with Crippen LogP contribution >= 0.6 is 0 Å². The third-order valence-corrected chi connectivity index (χ3v) is 4.40. The summed E-state index contributed by atoms with van der Waals surface area (Å²) in [6.07, 6.45) is -5.12. The maximum absolute atomic E-state index is 13.6. The molecule has 0 saturated carbocycles. The van der Waals surface area contributed by atoms with E-state index in [1.165, 1.54) is 13.8 Å². The highest BCUT2D eigenvalue weighted by atomic mass is 19.4. The van der Waals surface area contributed by atoms with E-state index in [0.29, 0.717) is 6.07 Å². The molecule has 1 aromatic carbocycles. The van der Waals surface area contributed by atoms with Crippen LogP contribution in [0.2, 0.25) is 0 Å². The highest BCUT2D eigenvalue weighted by Crippen LogP contribution is 2.27. The van der Waals surface area contributed by atoms with Crippen molar-refractivity contribution in [2.75, 3.05) is 11.9 Å². The summed E-state index contributed by atoms with van der Waals surface area (Å²) in [7, 11) is 0. The average molecular weight is 460 g/mol. The highest BCUT2D eigenvalue weighted by molar-refractivity contribution is 5.94. The van der Waals surface area contributed by atoms with Crippen molar-refractivity contribution in [2.45, 2.75) is 26.4 Å². The number of anilines is 1. The Hall–Kier alpha value is -3.71. The third kappa shape index (κ3) is 4.63. The molecule has 3 aromatic rings. The van der Waals surface area contributed by atoms with E-state index in [9.17, 15) is 35.9 Å². The van der Waals surface area contributed by atoms with Crippen molar-refractivity contribution < 1.29 is 35.9 Å². The molecule has 3 rings (SSSR count). The van der Waals surface area contributed by atoms with Gasteiger partial charge >= 0.3 is 6.18 Å². The number of aromatic nitrogens is 4. The molecule has 2 heterocycles. The molecule has 0 saturated heterocycles. The van der Waals surface area contributed by atoms with Crippen molar-refractivity contribution in [1.82, 2.24) is 24.9 Å². The van der Waals surface area contributed by atoms with E-state index in [2.05, 4.69) is 20.4 Å². The fraction of sp³-hybridized carbons (Fsp3) is 0.278. The number of halogens is 6. The summed E-state index contributed by atoms with van der Waals surface area (Å²) in [6.45, 7) is 2.26. The number of nitrogens with zero attached hydrogens (tertiary/aromatic N) is 4. The molecule has 0 bridgehead atoms. The van der Waals surface area contributed by atoms with Crippen LogP contribution in [0.3, 0.4) is 0 Å². The summed E-state index contributed by atoms with van der Waals surface area (Å²) in [5, 5.41) is 7.58. The van der Waals surface area contributed by atoms with E-state index in [1.807, 2.05) is 5.32 Å². The second kappa shape index (κ2) is 8.43. The predicted molar refractivity (Wildman–Crippen MR) is 96.9 cm³/mol. The molecule has 0 fully saturated rings. The van der Waals surface area contributed by atoms with Gasteiger partial charge in [0.1, 0.15) is 0 Å². The average Bonchev–Trinajstić information content (AvgIpc) is 3.15. The van der Waals surface area contributed by atoms with Crippen molar-refractivity contribution in [3.8, 4) is 0 Å². The van der Waals surface area contributed by atoms with Gasteiger partial charge in [0.2, 0.25) is 11.8 Å². The van der Waals surface area contributed by atoms with E-state index >= 15 is 0 Å². The normalized spacial score (nSPS) is 11.6. The van der Waals surface area contributed by atoms with Crippen molar-refractivity contribution in [2.24, 2.45) is 0 Å². The summed E-state index contributed by atoms with van der Waals surface area (Å²) >= 11 is 0. The first-order chi connectivity index (χ1) is 14.9. The van der Waals surface area contributed by atoms with Crippen molar-refractivity contribution in [3.05, 3.63) is 52.4 Å². The quantitative estimate of drug-likeness (QED) is 0.450. The first-order valence-electron chi connectivity index (χ1n) is 8.88. The number of aryl methyl sites for hydroxylation is 2. The first-order valence-corrected chi connectivity index (χ1v) is 8.88. The van der Waals surface area contributed by atoms with E-state index in [0.717, 1.165) is 10.6 Å². The number of nitrogens with one attached hydrogen (secondary N) is 2. The summed E-state index contributed by atoms with van der Waals surface area (Å²) in [4.78, 5) is 31.3. The lowest BCUT2D eigenvalue weighted by Gasteiger charge is -2.11. The molecule has 2 amide bonds. The smallest absolute Gasteiger partial charge is 0.347 e. The fourth-order valence-corrected chi connectivity index (χ4v) is 2.80. The number of carbonyl (C=O) groups is 2. The van der Waals surface area contributed by atoms with Crippen molar-refractivity contribution in [3.63, 3.8) is 0 Å². The van der Waals surface area contributed by atoms with Gasteiger partial charge in [0.05, 0.1) is 18.7 Å². The van der Waals surface area contributed by atoms with Gasteiger partial charge in [-0.25, -0.2) is 22.7 Å². The zero-order valence-corrected chi connectivity index (χ0v) is 16.4. The van der Waals surface area contributed by atoms with Gasteiger partial charge in [0, 0.05) is 17.0 Å². The molecule has 32 heavy (non-hydrogen) atoms. The third-order valence-electron chi connectivity index (χ3n) is 4.40. The lowest BCUT2D eigenvalue weighted by Crippen LogP contribution is -2.34. The molecule has 0 spiro atoms. The lowest BCUT2D eigenvalue weighted by atomic mass is 10.1. The number of hydrogen-bond donors (Lipinski definition) is 2. The number of carbonyl (C=O) groups excluding carboxylic acids is 2. The van der Waals surface area contributed by atoms with E-state index in [-0.39, 0.29) is 29.1 Å². The Labute approximate surface area is 175 Å². The second-order valence-corrected chi connectivity index (χ2v) is 6.63. The molecule has 14 heteroatoms. The van der Waals surface area contributed by atoms with Gasteiger partial charge in [-0.05, 0) is 26.0 Å². The monoisotopic (exact) mass is 460 g/mol. The van der Waals surface area contributed by atoms with Crippen LogP contribution < -0.4 is 10.6 Å². The number of fused-ring (bicyclic) bond motifs is 1. The van der Waals surface area contributed by atoms with Gasteiger partial charge in [-0.3, -0.25) is 9.59 Å². The molecule has 0 aliphatic carbocycles. The molecular weight excluding hydrogens is 446 g/mol. The van der Waals surface area contributed by atoms with Crippen molar-refractivity contribution in [1.29, 1.82) is 0 Å². The highest BCUT2D eigenvalue weighted by Gasteiger charge is 2.37. The second-order valence-electron chi connectivity index (χ2n) is 6.63. The molecule has 0 atom stereocenters. The van der Waals surface area contributed by atoms with E-state index < -0.39 is 53.5 Å². The number of rotatable bonds is 5. The Balaban J connectivity index is 1.68. The van der Waals surface area contributed by atoms with Crippen LogP contribution in [0.15, 0.2) is 12.1 Å². The first kappa shape index (κ1) is 23.0. The number of amides is 2. The molecule has 2 aromatic heterocycles. The van der Waals surface area contributed by atoms with Gasteiger partial charge in [-0.1, -0.05) is 0 Å². The van der Waals surface area contributed by atoms with Crippen LogP contribution in [-0.2, 0) is 22.2 Å². The molecule has 0 unspecified atom stereocenters. The summed E-state index contributed by atoms with van der Waals surface area (Å²) in [5.74, 6) is -8.07. The maximum Gasteiger partial charge on any atom is 0.453 e. The largest absolute Gasteiger partial charge is 0.453 e. The molecule has 2 N–H and O–H groups in total. The lowest BCUT2D eigenvalue weighted by molar-refractivity contribution is -0.144. The molecule has 8 nitrogen and oxygen atoms in total. The van der Waals surface area contributed by atoms with Crippen LogP contribution in [-0.4, -0.2) is 37.9 Å². The summed E-state index contributed by atoms with van der Waals surface area (Å²) in [6, 6.07) is 1.43. The molecule has 0 aliphatic heterocycles. The topological polar surface area (TPSA) is 101 Å². The van der Waals surface area contributed by atoms with Crippen LogP contribution in [0.25, 0.3) is 5.78 Å². The van der Waals surface area contributed by atoms with Gasteiger partial charge in [0.25, 0.3) is 11.6 Å². The predicted octanol–water partition coefficient (Wildman–Crippen LogP) is 2.47. The minimum absolute atomic E-state index is 0.193. The Bertz CT molecular complexity index is 1220. The van der Waals surface area contributed by atoms with Gasteiger partial charge in [0.15, 0.2) is 17.5 Å². The Morgan fingerprint density at radius 3 is 2.38 bits per heavy atom. The number of hydrogen-bond acceptors (Lipinski definition) is 5. The minimum atomic E-state index is -4.77. The molecule has 170 valence electrons. The molecule has 0 aliphatic rings. The van der Waals surface area contributed by atoms with Crippen LogP contribution in [0.1, 0.15) is 22.8 Å². The molecule has 0 radical (unpaired) electrons. The fourth-order valence-electron chi connectivity index (χ4n) is 2.80. The van der Waals surface area contributed by atoms with Gasteiger partial charge < -0.3 is 10.6 Å². The summed E-state index contributed by atoms with van der Waals surface area (Å²) < 4.78 is 79.1. The zero-order chi connectivity index (χ0) is 23.8. The Morgan fingerprint density at radius 1 is 1.03 bits per heavy atom. The van der Waals surface area contributed by atoms with Crippen LogP contribution in [0.4, 0.5) is 32.0 Å². The Morgan fingerprint density at radius 2 is 1.72 bits per heavy atom. The number of alkyl halides is 3. The molecular formula is C18H14F6N6O2. The van der Waals surface area contributed by atoms with Gasteiger partial charge in [-0.15, -0.1) is 5.10 Å². The van der Waals surface area contributed by atoms with Gasteiger partial charge in [-0.2, -0.15) is 18.2 Å². The Kier molecular flexibility index (Phi) is 6.05. The van der Waals surface area contributed by atoms with Crippen LogP contribution in [0.5, 0.6) is 0 Å². The SMILES string of the molecule is Cc1nc2nc(C(F)(F)F)nn2c(C)c1CC(=O)NCC(=O)Nc1ccc(F)c(F)c1F. The number of benzene rings is 1. The van der Waals surface area contributed by atoms with E-state index in [1.54, 1.807) is 0 Å².